The molecular weight excluding hydrogens is 270 g/mol. The van der Waals surface area contributed by atoms with E-state index in [0.717, 1.165) is 4.90 Å². The van der Waals surface area contributed by atoms with Gasteiger partial charge in [0.1, 0.15) is 5.75 Å². The van der Waals surface area contributed by atoms with Crippen molar-refractivity contribution in [1.82, 2.24) is 4.90 Å². The maximum atomic E-state index is 12.0. The van der Waals surface area contributed by atoms with Crippen LogP contribution >= 0.6 is 0 Å². The Labute approximate surface area is 125 Å². The topological polar surface area (TPSA) is 63.1 Å². The number of nitrogens with one attached hydrogen (secondary N) is 2. The Balaban J connectivity index is 2.58. The molecule has 6 nitrogen and oxygen atoms in total. The Kier molecular flexibility index (Phi) is 6.17. The molecule has 0 bridgehead atoms. The molecule has 1 aromatic carbocycles. The molecule has 21 heavy (non-hydrogen) atoms. The minimum Gasteiger partial charge on any atom is -0.497 e. The van der Waals surface area contributed by atoms with Gasteiger partial charge in [-0.3, -0.25) is 9.59 Å². The second-order valence-corrected chi connectivity index (χ2v) is 5.26. The second-order valence-electron chi connectivity index (χ2n) is 5.26. The number of hydrogen-bond donors (Lipinski definition) is 2. The van der Waals surface area contributed by atoms with E-state index in [1.165, 1.54) is 4.90 Å². The van der Waals surface area contributed by atoms with Crippen LogP contribution in [0.1, 0.15) is 6.92 Å². The zero-order valence-electron chi connectivity index (χ0n) is 13.3. The number of quaternary nitrogens is 1. The molecule has 0 fully saturated rings. The van der Waals surface area contributed by atoms with Crippen molar-refractivity contribution in [3.05, 3.63) is 24.3 Å². The number of anilines is 1. The van der Waals surface area contributed by atoms with Crippen molar-refractivity contribution < 1.29 is 19.2 Å². The van der Waals surface area contributed by atoms with E-state index in [1.807, 2.05) is 26.1 Å². The van der Waals surface area contributed by atoms with Crippen molar-refractivity contribution in [2.24, 2.45) is 0 Å². The first-order valence-corrected chi connectivity index (χ1v) is 6.82. The fourth-order valence-corrected chi connectivity index (χ4v) is 1.91. The lowest BCUT2D eigenvalue weighted by atomic mass is 10.2. The zero-order chi connectivity index (χ0) is 16.0. The quantitative estimate of drug-likeness (QED) is 0.752. The molecule has 0 aromatic heterocycles. The molecule has 2 atom stereocenters. The Morgan fingerprint density at radius 3 is 2.62 bits per heavy atom. The summed E-state index contributed by atoms with van der Waals surface area (Å²) in [6.45, 7) is 2.04. The van der Waals surface area contributed by atoms with Crippen LogP contribution in [-0.2, 0) is 9.59 Å². The number of carbonyl (C=O) groups excluding carboxylic acids is 2. The zero-order valence-corrected chi connectivity index (χ0v) is 13.3. The predicted molar refractivity (Wildman–Crippen MR) is 81.5 cm³/mol. The van der Waals surface area contributed by atoms with Gasteiger partial charge in [-0.15, -0.1) is 0 Å². The van der Waals surface area contributed by atoms with Crippen LogP contribution in [0.2, 0.25) is 0 Å². The van der Waals surface area contributed by atoms with Gasteiger partial charge in [0.25, 0.3) is 11.8 Å². The standard InChI is InChI=1S/C15H23N3O3/c1-11(15(20)17(2)3)18(4)10-14(19)16-12-7-6-8-13(9-12)21-5/h6-9,11H,10H2,1-5H3,(H,16,19)/p+1/t11-/m1/s1. The van der Waals surface area contributed by atoms with Crippen molar-refractivity contribution in [2.75, 3.05) is 40.1 Å². The van der Waals surface area contributed by atoms with E-state index >= 15 is 0 Å². The van der Waals surface area contributed by atoms with E-state index in [-0.39, 0.29) is 24.4 Å². The number of nitrogens with zero attached hydrogens (tertiary/aromatic N) is 1. The van der Waals surface area contributed by atoms with Gasteiger partial charge >= 0.3 is 0 Å². The third kappa shape index (κ3) is 5.07. The number of benzene rings is 1. The molecule has 1 rings (SSSR count). The summed E-state index contributed by atoms with van der Waals surface area (Å²) in [6.07, 6.45) is 0. The Morgan fingerprint density at radius 2 is 2.05 bits per heavy atom. The molecule has 0 saturated heterocycles. The number of ether oxygens (including phenoxy) is 1. The fraction of sp³-hybridized carbons (Fsp3) is 0.467. The van der Waals surface area contributed by atoms with Gasteiger partial charge in [-0.05, 0) is 19.1 Å². The maximum absolute atomic E-state index is 12.0. The van der Waals surface area contributed by atoms with Crippen LogP contribution in [0.5, 0.6) is 5.75 Å². The van der Waals surface area contributed by atoms with Crippen LogP contribution in [0.15, 0.2) is 24.3 Å². The molecule has 0 radical (unpaired) electrons. The second kappa shape index (κ2) is 7.64. The summed E-state index contributed by atoms with van der Waals surface area (Å²) >= 11 is 0. The van der Waals surface area contributed by atoms with Crippen LogP contribution in [0.3, 0.4) is 0 Å². The Morgan fingerprint density at radius 1 is 1.38 bits per heavy atom. The molecule has 0 aliphatic rings. The third-order valence-electron chi connectivity index (χ3n) is 3.34. The number of methoxy groups -OCH3 is 1. The number of carbonyl (C=O) groups is 2. The molecule has 0 aliphatic heterocycles. The van der Waals surface area contributed by atoms with Gasteiger partial charge in [0, 0.05) is 25.8 Å². The van der Waals surface area contributed by atoms with E-state index in [9.17, 15) is 9.59 Å². The van der Waals surface area contributed by atoms with Gasteiger partial charge in [0.2, 0.25) is 0 Å². The molecule has 116 valence electrons. The summed E-state index contributed by atoms with van der Waals surface area (Å²) in [6, 6.07) is 6.90. The highest BCUT2D eigenvalue weighted by atomic mass is 16.5. The van der Waals surface area contributed by atoms with Gasteiger partial charge in [-0.1, -0.05) is 6.07 Å². The van der Waals surface area contributed by atoms with Crippen molar-refractivity contribution in [2.45, 2.75) is 13.0 Å². The highest BCUT2D eigenvalue weighted by Gasteiger charge is 2.25. The number of likely N-dealkylation sites (N-methyl/N-ethyl adjacent to an activating group) is 2. The first-order chi connectivity index (χ1) is 9.85. The average molecular weight is 294 g/mol. The predicted octanol–water partition coefficient (Wildman–Crippen LogP) is -0.375. The van der Waals surface area contributed by atoms with Crippen molar-refractivity contribution >= 4 is 17.5 Å². The Bertz CT molecular complexity index is 503. The minimum absolute atomic E-state index is 0.00156. The van der Waals surface area contributed by atoms with E-state index < -0.39 is 0 Å². The summed E-state index contributed by atoms with van der Waals surface area (Å²) < 4.78 is 5.11. The lowest BCUT2D eigenvalue weighted by Crippen LogP contribution is -3.15. The van der Waals surface area contributed by atoms with Crippen LogP contribution in [-0.4, -0.2) is 57.6 Å². The van der Waals surface area contributed by atoms with Crippen LogP contribution < -0.4 is 15.0 Å². The maximum Gasteiger partial charge on any atom is 0.280 e. The first-order valence-electron chi connectivity index (χ1n) is 6.82. The van der Waals surface area contributed by atoms with Crippen LogP contribution in [0, 0.1) is 0 Å². The summed E-state index contributed by atoms with van der Waals surface area (Å²) in [5, 5.41) is 2.81. The lowest BCUT2D eigenvalue weighted by molar-refractivity contribution is -0.886. The number of hydrogen-bond acceptors (Lipinski definition) is 3. The van der Waals surface area contributed by atoms with E-state index in [0.29, 0.717) is 11.4 Å². The molecule has 0 spiro atoms. The normalized spacial score (nSPS) is 13.2. The highest BCUT2D eigenvalue weighted by Crippen LogP contribution is 2.16. The summed E-state index contributed by atoms with van der Waals surface area (Å²) in [4.78, 5) is 26.3. The molecule has 0 heterocycles. The Hall–Kier alpha value is -2.08. The van der Waals surface area contributed by atoms with Gasteiger partial charge < -0.3 is 19.9 Å². The van der Waals surface area contributed by atoms with Crippen LogP contribution in [0.4, 0.5) is 5.69 Å². The molecule has 1 aromatic rings. The summed E-state index contributed by atoms with van der Waals surface area (Å²) in [5.74, 6) is 0.547. The van der Waals surface area contributed by atoms with Gasteiger partial charge in [-0.25, -0.2) is 0 Å². The number of rotatable bonds is 6. The van der Waals surface area contributed by atoms with E-state index in [1.54, 1.807) is 33.3 Å². The van der Waals surface area contributed by atoms with Crippen molar-refractivity contribution in [3.8, 4) is 5.75 Å². The summed E-state index contributed by atoms with van der Waals surface area (Å²) in [5.41, 5.74) is 0.679. The smallest absolute Gasteiger partial charge is 0.280 e. The minimum atomic E-state index is -0.268. The molecular formula is C15H24N3O3+. The van der Waals surface area contributed by atoms with E-state index in [2.05, 4.69) is 5.32 Å². The molecule has 2 N–H and O–H groups in total. The third-order valence-corrected chi connectivity index (χ3v) is 3.34. The molecule has 2 amide bonds. The SMILES string of the molecule is COc1cccc(NC(=O)C[NH+](C)[C@H](C)C(=O)N(C)C)c1. The lowest BCUT2D eigenvalue weighted by Gasteiger charge is -2.23. The molecule has 6 heteroatoms. The number of amides is 2. The summed E-state index contributed by atoms with van der Waals surface area (Å²) in [7, 11) is 6.83. The molecule has 0 saturated carbocycles. The van der Waals surface area contributed by atoms with Gasteiger partial charge in [-0.2, -0.15) is 0 Å². The monoisotopic (exact) mass is 294 g/mol. The first kappa shape index (κ1) is 17.0. The highest BCUT2D eigenvalue weighted by molar-refractivity contribution is 5.91. The van der Waals surface area contributed by atoms with Crippen LogP contribution in [0.25, 0.3) is 0 Å². The fourth-order valence-electron chi connectivity index (χ4n) is 1.91. The van der Waals surface area contributed by atoms with Crippen molar-refractivity contribution in [3.63, 3.8) is 0 Å². The van der Waals surface area contributed by atoms with Crippen molar-refractivity contribution in [1.29, 1.82) is 0 Å². The van der Waals surface area contributed by atoms with E-state index in [4.69, 9.17) is 4.74 Å². The molecule has 1 unspecified atom stereocenters. The van der Waals surface area contributed by atoms with Gasteiger partial charge in [0.05, 0.1) is 14.2 Å². The molecule has 0 aliphatic carbocycles. The average Bonchev–Trinajstić information content (AvgIpc) is 2.45. The van der Waals surface area contributed by atoms with Gasteiger partial charge in [0.15, 0.2) is 12.6 Å². The largest absolute Gasteiger partial charge is 0.497 e.